The van der Waals surface area contributed by atoms with E-state index in [4.69, 9.17) is 18.9 Å². The van der Waals surface area contributed by atoms with Gasteiger partial charge in [-0.3, -0.25) is 9.59 Å². The first kappa shape index (κ1) is 29.3. The Balaban J connectivity index is 1.55. The van der Waals surface area contributed by atoms with Crippen LogP contribution in [0.2, 0.25) is 0 Å². The van der Waals surface area contributed by atoms with Gasteiger partial charge in [-0.15, -0.1) is 11.8 Å². The molecule has 1 aliphatic rings. The van der Waals surface area contributed by atoms with Crippen LogP contribution < -0.4 is 19.1 Å². The van der Waals surface area contributed by atoms with Gasteiger partial charge in [-0.05, 0) is 61.0 Å². The van der Waals surface area contributed by atoms with Crippen molar-refractivity contribution in [3.8, 4) is 17.2 Å². The minimum absolute atomic E-state index is 0.244. The number of para-hydroxylation sites is 1. The third-order valence-corrected chi connectivity index (χ3v) is 8.18. The number of esters is 1. The molecule has 9 heteroatoms. The molecule has 40 heavy (non-hydrogen) atoms. The summed E-state index contributed by atoms with van der Waals surface area (Å²) in [7, 11) is 6.91. The number of hydrogen-bond acceptors (Lipinski definition) is 8. The van der Waals surface area contributed by atoms with Gasteiger partial charge in [0.1, 0.15) is 17.2 Å². The molecule has 0 spiro atoms. The number of fused-ring (bicyclic) bond motifs is 1. The fraction of sp³-hybridized carbons (Fsp3) is 0.355. The smallest absolute Gasteiger partial charge is 0.303 e. The average Bonchev–Trinajstić information content (AvgIpc) is 3.08. The summed E-state index contributed by atoms with van der Waals surface area (Å²) in [5.41, 5.74) is 2.77. The van der Waals surface area contributed by atoms with Crippen molar-refractivity contribution >= 4 is 29.3 Å². The van der Waals surface area contributed by atoms with E-state index in [2.05, 4.69) is 4.90 Å². The van der Waals surface area contributed by atoms with Gasteiger partial charge in [0.15, 0.2) is 6.10 Å². The first-order valence-corrected chi connectivity index (χ1v) is 14.0. The van der Waals surface area contributed by atoms with Crippen molar-refractivity contribution in [2.75, 3.05) is 52.9 Å². The van der Waals surface area contributed by atoms with E-state index in [9.17, 15) is 9.59 Å². The molecule has 8 nitrogen and oxygen atoms in total. The van der Waals surface area contributed by atoms with Crippen LogP contribution in [0.15, 0.2) is 71.6 Å². The number of anilines is 1. The van der Waals surface area contributed by atoms with Crippen LogP contribution in [0.3, 0.4) is 0 Å². The molecule has 0 radical (unpaired) electrons. The number of carbonyl (C=O) groups is 2. The highest BCUT2D eigenvalue weighted by Crippen LogP contribution is 2.47. The average molecular weight is 565 g/mol. The zero-order chi connectivity index (χ0) is 28.6. The highest BCUT2D eigenvalue weighted by atomic mass is 32.2. The predicted molar refractivity (Wildman–Crippen MR) is 157 cm³/mol. The Bertz CT molecular complexity index is 1310. The first-order valence-electron chi connectivity index (χ1n) is 13.1. The lowest BCUT2D eigenvalue weighted by atomic mass is 10.1. The SMILES string of the molecule is COc1cc(CCN(C)CCN2C(=O)C(OC(C)=O)C(c3cccc(OC)c3)Sc3ccccc32)cc(OC)c1. The molecule has 2 atom stereocenters. The molecule has 3 aromatic rings. The zero-order valence-corrected chi connectivity index (χ0v) is 24.4. The summed E-state index contributed by atoms with van der Waals surface area (Å²) >= 11 is 1.52. The van der Waals surface area contributed by atoms with Gasteiger partial charge in [0.25, 0.3) is 5.91 Å². The molecule has 4 rings (SSSR count). The van der Waals surface area contributed by atoms with Crippen LogP contribution in [0.4, 0.5) is 5.69 Å². The van der Waals surface area contributed by atoms with Gasteiger partial charge in [-0.1, -0.05) is 24.3 Å². The summed E-state index contributed by atoms with van der Waals surface area (Å²) in [5, 5.41) is -0.432. The van der Waals surface area contributed by atoms with Gasteiger partial charge >= 0.3 is 5.97 Å². The highest BCUT2D eigenvalue weighted by molar-refractivity contribution is 7.99. The molecule has 0 bridgehead atoms. The van der Waals surface area contributed by atoms with Crippen LogP contribution in [0.1, 0.15) is 23.3 Å². The molecule has 1 heterocycles. The number of rotatable bonds is 11. The van der Waals surface area contributed by atoms with Crippen LogP contribution >= 0.6 is 11.8 Å². The van der Waals surface area contributed by atoms with Gasteiger partial charge in [-0.2, -0.15) is 0 Å². The maximum Gasteiger partial charge on any atom is 0.303 e. The molecule has 212 valence electrons. The predicted octanol–water partition coefficient (Wildman–Crippen LogP) is 5.00. The van der Waals surface area contributed by atoms with Gasteiger partial charge in [0.05, 0.1) is 32.3 Å². The standard InChI is InChI=1S/C31H36N2O6S/c1-21(34)39-29-30(23-9-8-10-24(19-23)36-3)40-28-12-7-6-11-27(28)33(31(29)35)16-15-32(2)14-13-22-17-25(37-4)20-26(18-22)38-5/h6-12,17-20,29-30H,13-16H2,1-5H3. The molecule has 1 amide bonds. The second-order valence-corrected chi connectivity index (χ2v) is 10.8. The number of thioether (sulfide) groups is 1. The zero-order valence-electron chi connectivity index (χ0n) is 23.6. The van der Waals surface area contributed by atoms with Crippen molar-refractivity contribution in [1.82, 2.24) is 4.90 Å². The Morgan fingerprint density at radius 1 is 0.900 bits per heavy atom. The van der Waals surface area contributed by atoms with Gasteiger partial charge in [-0.25, -0.2) is 0 Å². The molecule has 0 N–H and O–H groups in total. The Morgan fingerprint density at radius 2 is 1.60 bits per heavy atom. The summed E-state index contributed by atoms with van der Waals surface area (Å²) in [6.45, 7) is 3.18. The van der Waals surface area contributed by atoms with Gasteiger partial charge in [0, 0.05) is 37.5 Å². The van der Waals surface area contributed by atoms with Crippen LogP contribution in [0.25, 0.3) is 0 Å². The lowest BCUT2D eigenvalue weighted by Gasteiger charge is -2.29. The first-order chi connectivity index (χ1) is 19.3. The van der Waals surface area contributed by atoms with E-state index in [0.29, 0.717) is 18.8 Å². The number of methoxy groups -OCH3 is 3. The van der Waals surface area contributed by atoms with Crippen LogP contribution in [-0.4, -0.2) is 70.9 Å². The Labute approximate surface area is 240 Å². The minimum atomic E-state index is -0.989. The Hall–Kier alpha value is -3.69. The minimum Gasteiger partial charge on any atom is -0.497 e. The van der Waals surface area contributed by atoms with E-state index in [1.807, 2.05) is 73.8 Å². The van der Waals surface area contributed by atoms with Crippen LogP contribution in [-0.2, 0) is 20.7 Å². The number of likely N-dealkylation sites (N-methyl/N-ethyl adjacent to an activating group) is 1. The second-order valence-electron chi connectivity index (χ2n) is 9.58. The van der Waals surface area contributed by atoms with E-state index in [1.54, 1.807) is 26.2 Å². The van der Waals surface area contributed by atoms with Crippen molar-refractivity contribution in [3.05, 3.63) is 77.9 Å². The van der Waals surface area contributed by atoms with Crippen LogP contribution in [0.5, 0.6) is 17.2 Å². The molecule has 0 saturated heterocycles. The number of ether oxygens (including phenoxy) is 4. The number of amides is 1. The number of nitrogens with zero attached hydrogens (tertiary/aromatic N) is 2. The molecule has 0 aliphatic carbocycles. The Kier molecular flexibility index (Phi) is 9.95. The van der Waals surface area contributed by atoms with Crippen molar-refractivity contribution < 1.29 is 28.5 Å². The Morgan fingerprint density at radius 3 is 2.27 bits per heavy atom. The van der Waals surface area contributed by atoms with Gasteiger partial charge in [0.2, 0.25) is 0 Å². The van der Waals surface area contributed by atoms with Crippen molar-refractivity contribution in [2.45, 2.75) is 29.6 Å². The van der Waals surface area contributed by atoms with Crippen molar-refractivity contribution in [3.63, 3.8) is 0 Å². The summed E-state index contributed by atoms with van der Waals surface area (Å²) in [6, 6.07) is 21.2. The lowest BCUT2D eigenvalue weighted by molar-refractivity contribution is -0.152. The van der Waals surface area contributed by atoms with E-state index in [-0.39, 0.29) is 5.91 Å². The molecule has 0 fully saturated rings. The molecule has 3 aromatic carbocycles. The third kappa shape index (κ3) is 7.08. The number of benzene rings is 3. The molecule has 2 unspecified atom stereocenters. The fourth-order valence-electron chi connectivity index (χ4n) is 4.68. The summed E-state index contributed by atoms with van der Waals surface area (Å²) in [5.74, 6) is 1.44. The third-order valence-electron chi connectivity index (χ3n) is 6.81. The van der Waals surface area contributed by atoms with E-state index in [1.165, 1.54) is 18.7 Å². The summed E-state index contributed by atoms with van der Waals surface area (Å²) < 4.78 is 21.9. The fourth-order valence-corrected chi connectivity index (χ4v) is 5.98. The normalized spacial score (nSPS) is 16.8. The molecule has 0 saturated carbocycles. The van der Waals surface area contributed by atoms with E-state index < -0.39 is 17.3 Å². The maximum absolute atomic E-state index is 14.1. The summed E-state index contributed by atoms with van der Waals surface area (Å²) in [6.07, 6.45) is -0.199. The summed E-state index contributed by atoms with van der Waals surface area (Å²) in [4.78, 5) is 31.1. The number of carbonyl (C=O) groups excluding carboxylic acids is 2. The van der Waals surface area contributed by atoms with E-state index in [0.717, 1.165) is 46.2 Å². The van der Waals surface area contributed by atoms with E-state index >= 15 is 0 Å². The topological polar surface area (TPSA) is 77.5 Å². The molecular formula is C31H36N2O6S. The monoisotopic (exact) mass is 564 g/mol. The molecule has 1 aliphatic heterocycles. The number of hydrogen-bond donors (Lipinski definition) is 0. The largest absolute Gasteiger partial charge is 0.497 e. The van der Waals surface area contributed by atoms with Gasteiger partial charge < -0.3 is 28.7 Å². The highest BCUT2D eigenvalue weighted by Gasteiger charge is 2.40. The molecular weight excluding hydrogens is 528 g/mol. The quantitative estimate of drug-likeness (QED) is 0.301. The molecule has 0 aromatic heterocycles. The maximum atomic E-state index is 14.1. The van der Waals surface area contributed by atoms with Crippen molar-refractivity contribution in [1.29, 1.82) is 0 Å². The van der Waals surface area contributed by atoms with Crippen LogP contribution in [0, 0.1) is 0 Å². The van der Waals surface area contributed by atoms with Crippen molar-refractivity contribution in [2.24, 2.45) is 0 Å². The lowest BCUT2D eigenvalue weighted by Crippen LogP contribution is -2.45. The second kappa shape index (κ2) is 13.6.